The van der Waals surface area contributed by atoms with Gasteiger partial charge in [0.05, 0.1) is 0 Å². The molecule has 0 fully saturated rings. The quantitative estimate of drug-likeness (QED) is 0.390. The fourth-order valence-electron chi connectivity index (χ4n) is 3.86. The molecular weight excluding hydrogens is 431 g/mol. The van der Waals surface area contributed by atoms with E-state index in [1.807, 2.05) is 0 Å². The summed E-state index contributed by atoms with van der Waals surface area (Å²) in [4.78, 5) is 0. The third-order valence-corrected chi connectivity index (χ3v) is 5.82. The predicted molar refractivity (Wildman–Crippen MR) is 128 cm³/mol. The molecule has 0 heterocycles. The summed E-state index contributed by atoms with van der Waals surface area (Å²) in [7, 11) is 0. The van der Waals surface area contributed by atoms with E-state index in [1.165, 1.54) is 44.5 Å². The second-order valence-corrected chi connectivity index (χ2v) is 8.32. The van der Waals surface area contributed by atoms with Gasteiger partial charge in [0, 0.05) is 0 Å². The van der Waals surface area contributed by atoms with E-state index in [0.717, 1.165) is 25.7 Å². The van der Waals surface area contributed by atoms with E-state index in [4.69, 9.17) is 0 Å². The maximum absolute atomic E-state index is 2.27. The van der Waals surface area contributed by atoms with Crippen LogP contribution in [0.4, 0.5) is 0 Å². The van der Waals surface area contributed by atoms with Gasteiger partial charge in [0.15, 0.2) is 0 Å². The summed E-state index contributed by atoms with van der Waals surface area (Å²) in [5, 5.41) is 0. The Labute approximate surface area is 205 Å². The molecule has 4 aromatic rings. The van der Waals surface area contributed by atoms with Crippen molar-refractivity contribution in [3.63, 3.8) is 0 Å². The molecule has 2 heteroatoms. The lowest BCUT2D eigenvalue weighted by atomic mass is 9.98. The average molecular weight is 461 g/mol. The molecule has 0 bridgehead atoms. The Kier molecular flexibility index (Phi) is 10.0. The molecule has 0 unspecified atom stereocenters. The topological polar surface area (TPSA) is 0 Å². The van der Waals surface area contributed by atoms with Crippen LogP contribution in [0.25, 0.3) is 0 Å². The Morgan fingerprint density at radius 2 is 0.594 bits per heavy atom. The van der Waals surface area contributed by atoms with Crippen molar-refractivity contribution in [3.8, 4) is 0 Å². The molecule has 4 aromatic carbocycles. The minimum atomic E-state index is 0. The summed E-state index contributed by atoms with van der Waals surface area (Å²) in [5.41, 5.74) is 10.9. The van der Waals surface area contributed by atoms with Gasteiger partial charge >= 0.3 is 0 Å². The van der Waals surface area contributed by atoms with Crippen molar-refractivity contribution in [2.75, 3.05) is 0 Å². The van der Waals surface area contributed by atoms with Gasteiger partial charge in [-0.25, -0.2) is 0 Å². The first-order valence-corrected chi connectivity index (χ1v) is 11.0. The Hall–Kier alpha value is -2.54. The normalized spacial score (nSPS) is 10.2. The molecule has 0 saturated carbocycles. The Morgan fingerprint density at radius 3 is 0.844 bits per heavy atom. The molecule has 0 nitrogen and oxygen atoms in total. The van der Waals surface area contributed by atoms with Crippen molar-refractivity contribution >= 4 is 0 Å². The van der Waals surface area contributed by atoms with Crippen LogP contribution >= 0.6 is 0 Å². The fourth-order valence-corrected chi connectivity index (χ4v) is 3.86. The Morgan fingerprint density at radius 1 is 0.375 bits per heavy atom. The molecule has 166 valence electrons. The van der Waals surface area contributed by atoms with E-state index in [2.05, 4.69) is 111 Å². The van der Waals surface area contributed by atoms with Crippen molar-refractivity contribution in [2.24, 2.45) is 0 Å². The smallest absolute Gasteiger partial charge is 0.00258 e. The summed E-state index contributed by atoms with van der Waals surface area (Å²) < 4.78 is 0. The van der Waals surface area contributed by atoms with E-state index in [-0.39, 0.29) is 24.8 Å². The predicted octanol–water partition coefficient (Wildman–Crippen LogP) is 1.34. The van der Waals surface area contributed by atoms with Crippen LogP contribution in [0.5, 0.6) is 0 Å². The third-order valence-electron chi connectivity index (χ3n) is 5.82. The van der Waals surface area contributed by atoms with Crippen LogP contribution in [0.3, 0.4) is 0 Å². The number of benzene rings is 4. The summed E-state index contributed by atoms with van der Waals surface area (Å²) >= 11 is 0. The zero-order chi connectivity index (χ0) is 20.8. The first kappa shape index (κ1) is 25.7. The molecule has 0 N–H and O–H groups in total. The third kappa shape index (κ3) is 7.26. The monoisotopic (exact) mass is 460 g/mol. The highest BCUT2D eigenvalue weighted by Crippen LogP contribution is 2.17. The molecule has 0 aliphatic rings. The highest BCUT2D eigenvalue weighted by atomic mass is 35.5. The van der Waals surface area contributed by atoms with E-state index in [1.54, 1.807) is 0 Å². The van der Waals surface area contributed by atoms with Crippen LogP contribution < -0.4 is 24.8 Å². The highest BCUT2D eigenvalue weighted by molar-refractivity contribution is 5.35. The second-order valence-electron chi connectivity index (χ2n) is 8.32. The zero-order valence-corrected chi connectivity index (χ0v) is 20.3. The average Bonchev–Trinajstić information content (AvgIpc) is 2.78. The fraction of sp³-hybridized carbons (Fsp3) is 0.200. The Bertz CT molecular complexity index is 1060. The molecule has 0 spiro atoms. The lowest BCUT2D eigenvalue weighted by Crippen LogP contribution is -3.00. The van der Waals surface area contributed by atoms with Gasteiger partial charge in [0.1, 0.15) is 0 Å². The van der Waals surface area contributed by atoms with E-state index in [9.17, 15) is 0 Å². The molecule has 0 atom stereocenters. The van der Waals surface area contributed by atoms with Gasteiger partial charge in [-0.1, -0.05) is 110 Å². The standard InChI is InChI=1S/C30H30.2ClH/c1-3-24-8-10-26(11-9-24)21-28-16-18-30(19-17-28)22-29-14-12-27(13-15-29)20-25-6-4-23(2)5-7-25;;/h4-19H,3,20-22H2,1-2H3;2*1H/p-2. The molecule has 0 aromatic heterocycles. The molecule has 0 aliphatic carbocycles. The van der Waals surface area contributed by atoms with Crippen molar-refractivity contribution in [1.82, 2.24) is 0 Å². The zero-order valence-electron chi connectivity index (χ0n) is 18.8. The van der Waals surface area contributed by atoms with Crippen molar-refractivity contribution in [2.45, 2.75) is 39.5 Å². The lowest BCUT2D eigenvalue weighted by Gasteiger charge is -2.07. The molecule has 0 aliphatic heterocycles. The molecule has 0 amide bonds. The Balaban J connectivity index is 0.00000181. The first-order valence-electron chi connectivity index (χ1n) is 11.0. The first-order chi connectivity index (χ1) is 14.7. The van der Waals surface area contributed by atoms with Crippen LogP contribution in [0.1, 0.15) is 51.4 Å². The van der Waals surface area contributed by atoms with Gasteiger partial charge in [0.2, 0.25) is 0 Å². The van der Waals surface area contributed by atoms with E-state index >= 15 is 0 Å². The van der Waals surface area contributed by atoms with Gasteiger partial charge in [-0.15, -0.1) is 0 Å². The number of aryl methyl sites for hydroxylation is 2. The largest absolute Gasteiger partial charge is 1.00 e. The SMILES string of the molecule is CCc1ccc(Cc2ccc(Cc3ccc(Cc4ccc(C)cc4)cc3)cc2)cc1.[Cl-].[Cl-]. The van der Waals surface area contributed by atoms with Crippen molar-refractivity contribution < 1.29 is 24.8 Å². The van der Waals surface area contributed by atoms with Gasteiger partial charge in [-0.2, -0.15) is 0 Å². The highest BCUT2D eigenvalue weighted by Gasteiger charge is 2.01. The summed E-state index contributed by atoms with van der Waals surface area (Å²) in [6, 6.07) is 36.0. The summed E-state index contributed by atoms with van der Waals surface area (Å²) in [6.07, 6.45) is 4.07. The summed E-state index contributed by atoms with van der Waals surface area (Å²) in [5.74, 6) is 0. The minimum Gasteiger partial charge on any atom is -1.00 e. The molecule has 4 rings (SSSR count). The van der Waals surface area contributed by atoms with Crippen LogP contribution in [0.15, 0.2) is 97.1 Å². The van der Waals surface area contributed by atoms with Crippen LogP contribution in [0, 0.1) is 6.92 Å². The van der Waals surface area contributed by atoms with E-state index < -0.39 is 0 Å². The van der Waals surface area contributed by atoms with E-state index in [0.29, 0.717) is 0 Å². The molecule has 0 radical (unpaired) electrons. The maximum Gasteiger partial charge on any atom is -0.00258 e. The number of hydrogen-bond donors (Lipinski definition) is 0. The lowest BCUT2D eigenvalue weighted by molar-refractivity contribution is -0.001000. The maximum atomic E-state index is 2.27. The van der Waals surface area contributed by atoms with Crippen LogP contribution in [-0.4, -0.2) is 0 Å². The van der Waals surface area contributed by atoms with Gasteiger partial charge in [-0.05, 0) is 71.6 Å². The van der Waals surface area contributed by atoms with Crippen molar-refractivity contribution in [1.29, 1.82) is 0 Å². The molecular formula is C30H30Cl2-2. The number of hydrogen-bond acceptors (Lipinski definition) is 0. The van der Waals surface area contributed by atoms with Crippen LogP contribution in [-0.2, 0) is 25.7 Å². The molecule has 0 saturated heterocycles. The minimum absolute atomic E-state index is 0. The number of rotatable bonds is 7. The number of halogens is 2. The molecule has 32 heavy (non-hydrogen) atoms. The van der Waals surface area contributed by atoms with Gasteiger partial charge in [0.25, 0.3) is 0 Å². The van der Waals surface area contributed by atoms with Crippen LogP contribution in [0.2, 0.25) is 0 Å². The second kappa shape index (κ2) is 12.5. The summed E-state index contributed by atoms with van der Waals surface area (Å²) in [6.45, 7) is 4.33. The van der Waals surface area contributed by atoms with Gasteiger partial charge in [-0.3, -0.25) is 0 Å². The van der Waals surface area contributed by atoms with Gasteiger partial charge < -0.3 is 24.8 Å². The van der Waals surface area contributed by atoms with Crippen molar-refractivity contribution in [3.05, 3.63) is 142 Å².